The van der Waals surface area contributed by atoms with Crippen molar-refractivity contribution in [3.63, 3.8) is 0 Å². The molecule has 0 saturated heterocycles. The van der Waals surface area contributed by atoms with Gasteiger partial charge in [0.15, 0.2) is 0 Å². The van der Waals surface area contributed by atoms with Gasteiger partial charge in [-0.25, -0.2) is 0 Å². The van der Waals surface area contributed by atoms with Gasteiger partial charge in [0.05, 0.1) is 16.8 Å². The molecule has 0 spiro atoms. The number of aromatic nitrogens is 1. The normalized spacial score (nSPS) is 10.2. The summed E-state index contributed by atoms with van der Waals surface area (Å²) in [4.78, 5) is 14.4. The van der Waals surface area contributed by atoms with E-state index in [1.54, 1.807) is 6.20 Å². The Morgan fingerprint density at radius 3 is 2.79 bits per heavy atom. The average molecular weight is 278 g/mol. The van der Waals surface area contributed by atoms with E-state index in [-0.39, 0.29) is 5.69 Å². The van der Waals surface area contributed by atoms with Crippen molar-refractivity contribution in [3.05, 3.63) is 62.9 Å². The minimum atomic E-state index is -0.437. The van der Waals surface area contributed by atoms with E-state index < -0.39 is 4.92 Å². The molecule has 1 N–H and O–H groups in total. The van der Waals surface area contributed by atoms with E-state index in [1.165, 1.54) is 18.2 Å². The molecule has 1 aromatic heterocycles. The number of benzene rings is 1. The first-order valence-corrected chi connectivity index (χ1v) is 6.03. The van der Waals surface area contributed by atoms with Gasteiger partial charge in [-0.2, -0.15) is 0 Å². The third-order valence-electron chi connectivity index (χ3n) is 2.63. The molecule has 0 radical (unpaired) electrons. The van der Waals surface area contributed by atoms with Crippen LogP contribution in [0.25, 0.3) is 0 Å². The Kier molecular flexibility index (Phi) is 3.97. The van der Waals surface area contributed by atoms with Gasteiger partial charge in [0.2, 0.25) is 0 Å². The number of nitrogens with one attached hydrogen (secondary N) is 1. The Morgan fingerprint density at radius 2 is 2.16 bits per heavy atom. The molecule has 6 heteroatoms. The molecule has 5 nitrogen and oxygen atoms in total. The Balaban J connectivity index is 2.12. The van der Waals surface area contributed by atoms with Gasteiger partial charge in [-0.15, -0.1) is 0 Å². The van der Waals surface area contributed by atoms with Gasteiger partial charge in [0.1, 0.15) is 0 Å². The lowest BCUT2D eigenvalue weighted by atomic mass is 10.2. The molecule has 1 heterocycles. The first-order valence-electron chi connectivity index (χ1n) is 5.65. The fourth-order valence-electron chi connectivity index (χ4n) is 1.58. The van der Waals surface area contributed by atoms with Crippen molar-refractivity contribution in [2.45, 2.75) is 13.5 Å². The maximum atomic E-state index is 10.7. The van der Waals surface area contributed by atoms with Crippen LogP contribution < -0.4 is 5.32 Å². The summed E-state index contributed by atoms with van der Waals surface area (Å²) in [7, 11) is 0. The van der Waals surface area contributed by atoms with Crippen molar-refractivity contribution in [1.82, 2.24) is 4.98 Å². The SMILES string of the molecule is Cc1ccc(NCc2cc([N+](=O)[O-])ccc2Cl)cn1. The minimum Gasteiger partial charge on any atom is -0.380 e. The van der Waals surface area contributed by atoms with Gasteiger partial charge in [0.25, 0.3) is 5.69 Å². The summed E-state index contributed by atoms with van der Waals surface area (Å²) in [5.74, 6) is 0. The number of pyridine rings is 1. The van der Waals surface area contributed by atoms with E-state index >= 15 is 0 Å². The van der Waals surface area contributed by atoms with Crippen molar-refractivity contribution < 1.29 is 4.92 Å². The van der Waals surface area contributed by atoms with E-state index in [0.29, 0.717) is 17.1 Å². The van der Waals surface area contributed by atoms with Gasteiger partial charge in [-0.05, 0) is 30.7 Å². The van der Waals surface area contributed by atoms with Crippen LogP contribution >= 0.6 is 11.6 Å². The summed E-state index contributed by atoms with van der Waals surface area (Å²) in [5, 5.41) is 14.3. The molecule has 0 atom stereocenters. The Bertz CT molecular complexity index is 599. The molecule has 0 aliphatic rings. The zero-order chi connectivity index (χ0) is 13.8. The number of rotatable bonds is 4. The van der Waals surface area contributed by atoms with Crippen LogP contribution in [0.5, 0.6) is 0 Å². The second kappa shape index (κ2) is 5.67. The number of nitrogens with zero attached hydrogens (tertiary/aromatic N) is 2. The Morgan fingerprint density at radius 1 is 1.37 bits per heavy atom. The third kappa shape index (κ3) is 3.42. The van der Waals surface area contributed by atoms with Crippen LogP contribution in [0.2, 0.25) is 5.02 Å². The quantitative estimate of drug-likeness (QED) is 0.685. The summed E-state index contributed by atoms with van der Waals surface area (Å²) in [6.45, 7) is 2.31. The lowest BCUT2D eigenvalue weighted by Gasteiger charge is -2.08. The average Bonchev–Trinajstić information content (AvgIpc) is 2.39. The van der Waals surface area contributed by atoms with Crippen LogP contribution in [0, 0.1) is 17.0 Å². The maximum absolute atomic E-state index is 10.7. The largest absolute Gasteiger partial charge is 0.380 e. The zero-order valence-corrected chi connectivity index (χ0v) is 11.0. The molecule has 0 unspecified atom stereocenters. The maximum Gasteiger partial charge on any atom is 0.269 e. The lowest BCUT2D eigenvalue weighted by molar-refractivity contribution is -0.384. The zero-order valence-electron chi connectivity index (χ0n) is 10.3. The first-order chi connectivity index (χ1) is 9.06. The predicted molar refractivity (Wildman–Crippen MR) is 74.4 cm³/mol. The molecule has 0 amide bonds. The highest BCUT2D eigenvalue weighted by Gasteiger charge is 2.09. The summed E-state index contributed by atoms with van der Waals surface area (Å²) in [6, 6.07) is 8.17. The molecule has 2 rings (SSSR count). The molecule has 0 fully saturated rings. The number of nitro benzene ring substituents is 1. The number of non-ortho nitro benzene ring substituents is 1. The van der Waals surface area contributed by atoms with Crippen molar-refractivity contribution in [1.29, 1.82) is 0 Å². The third-order valence-corrected chi connectivity index (χ3v) is 3.00. The number of anilines is 1. The van der Waals surface area contributed by atoms with Crippen LogP contribution in [-0.4, -0.2) is 9.91 Å². The lowest BCUT2D eigenvalue weighted by Crippen LogP contribution is -2.01. The molecule has 0 aliphatic heterocycles. The van der Waals surface area contributed by atoms with Gasteiger partial charge >= 0.3 is 0 Å². The Hall–Kier alpha value is -2.14. The highest BCUT2D eigenvalue weighted by Crippen LogP contribution is 2.22. The highest BCUT2D eigenvalue weighted by molar-refractivity contribution is 6.31. The van der Waals surface area contributed by atoms with E-state index in [2.05, 4.69) is 10.3 Å². The number of halogens is 1. The van der Waals surface area contributed by atoms with Crippen molar-refractivity contribution in [2.24, 2.45) is 0 Å². The second-order valence-corrected chi connectivity index (χ2v) is 4.48. The summed E-state index contributed by atoms with van der Waals surface area (Å²) in [5.41, 5.74) is 2.48. The molecule has 2 aromatic rings. The van der Waals surface area contributed by atoms with Gasteiger partial charge in [-0.3, -0.25) is 15.1 Å². The number of hydrogen-bond donors (Lipinski definition) is 1. The van der Waals surface area contributed by atoms with Crippen LogP contribution in [0.15, 0.2) is 36.5 Å². The predicted octanol–water partition coefficient (Wildman–Crippen LogP) is 3.56. The highest BCUT2D eigenvalue weighted by atomic mass is 35.5. The van der Waals surface area contributed by atoms with Crippen LogP contribution in [0.4, 0.5) is 11.4 Å². The molecular formula is C13H12ClN3O2. The van der Waals surface area contributed by atoms with Gasteiger partial charge in [0, 0.05) is 29.4 Å². The molecule has 1 aromatic carbocycles. The molecule has 19 heavy (non-hydrogen) atoms. The first kappa shape index (κ1) is 13.3. The standard InChI is InChI=1S/C13H12ClN3O2/c1-9-2-3-11(8-15-9)16-7-10-6-12(17(18)19)4-5-13(10)14/h2-6,8,16H,7H2,1H3. The molecule has 0 bridgehead atoms. The topological polar surface area (TPSA) is 68.1 Å². The van der Waals surface area contributed by atoms with E-state index in [9.17, 15) is 10.1 Å². The van der Waals surface area contributed by atoms with E-state index in [4.69, 9.17) is 11.6 Å². The summed E-state index contributed by atoms with van der Waals surface area (Å²) >= 11 is 6.01. The second-order valence-electron chi connectivity index (χ2n) is 4.07. The monoisotopic (exact) mass is 277 g/mol. The van der Waals surface area contributed by atoms with Crippen LogP contribution in [0.3, 0.4) is 0 Å². The number of hydrogen-bond acceptors (Lipinski definition) is 4. The van der Waals surface area contributed by atoms with Crippen molar-refractivity contribution in [2.75, 3.05) is 5.32 Å². The number of nitro groups is 1. The van der Waals surface area contributed by atoms with Gasteiger partial charge in [-0.1, -0.05) is 11.6 Å². The fraction of sp³-hybridized carbons (Fsp3) is 0.154. The Labute approximate surface area is 115 Å². The van der Waals surface area contributed by atoms with Crippen molar-refractivity contribution in [3.8, 4) is 0 Å². The van der Waals surface area contributed by atoms with Crippen molar-refractivity contribution >= 4 is 23.0 Å². The molecule has 0 aliphatic carbocycles. The van der Waals surface area contributed by atoms with E-state index in [0.717, 1.165) is 11.4 Å². The molecular weight excluding hydrogens is 266 g/mol. The number of aryl methyl sites for hydroxylation is 1. The van der Waals surface area contributed by atoms with Crippen LogP contribution in [-0.2, 0) is 6.54 Å². The smallest absolute Gasteiger partial charge is 0.269 e. The van der Waals surface area contributed by atoms with E-state index in [1.807, 2.05) is 19.1 Å². The summed E-state index contributed by atoms with van der Waals surface area (Å²) < 4.78 is 0. The van der Waals surface area contributed by atoms with Gasteiger partial charge < -0.3 is 5.32 Å². The van der Waals surface area contributed by atoms with Crippen LogP contribution in [0.1, 0.15) is 11.3 Å². The summed E-state index contributed by atoms with van der Waals surface area (Å²) in [6.07, 6.45) is 1.71. The minimum absolute atomic E-state index is 0.0308. The fourth-order valence-corrected chi connectivity index (χ4v) is 1.76. The molecule has 0 saturated carbocycles. The molecule has 98 valence electrons.